The maximum absolute atomic E-state index is 5.71. The van der Waals surface area contributed by atoms with Gasteiger partial charge >= 0.3 is 0 Å². The Bertz CT molecular complexity index is 333. The van der Waals surface area contributed by atoms with E-state index >= 15 is 0 Å². The summed E-state index contributed by atoms with van der Waals surface area (Å²) >= 11 is 0. The lowest BCUT2D eigenvalue weighted by atomic mass is 10.1. The van der Waals surface area contributed by atoms with Gasteiger partial charge in [-0.1, -0.05) is 52.9 Å². The lowest BCUT2D eigenvalue weighted by Gasteiger charge is -2.08. The molecule has 0 unspecified atom stereocenters. The first-order valence-corrected chi connectivity index (χ1v) is 8.10. The molecule has 0 saturated heterocycles. The Morgan fingerprint density at radius 1 is 1.15 bits per heavy atom. The van der Waals surface area contributed by atoms with E-state index in [2.05, 4.69) is 26.1 Å². The molecule has 0 aliphatic rings. The zero-order valence-electron chi connectivity index (χ0n) is 13.4. The molecule has 20 heavy (non-hydrogen) atoms. The second-order valence-corrected chi connectivity index (χ2v) is 5.72. The Morgan fingerprint density at radius 3 is 2.65 bits per heavy atom. The van der Waals surface area contributed by atoms with Crippen LogP contribution in [0.5, 0.6) is 0 Å². The number of hydrogen-bond donors (Lipinski definition) is 1. The van der Waals surface area contributed by atoms with Gasteiger partial charge in [-0.3, -0.25) is 0 Å². The highest BCUT2D eigenvalue weighted by Crippen LogP contribution is 2.12. The fourth-order valence-corrected chi connectivity index (χ4v) is 2.11. The van der Waals surface area contributed by atoms with E-state index in [0.29, 0.717) is 12.6 Å². The van der Waals surface area contributed by atoms with Gasteiger partial charge in [-0.2, -0.15) is 0 Å². The van der Waals surface area contributed by atoms with E-state index in [9.17, 15) is 0 Å². The molecule has 0 fully saturated rings. The van der Waals surface area contributed by atoms with Gasteiger partial charge < -0.3 is 14.5 Å². The minimum Gasteiger partial charge on any atom is -0.467 e. The third-order valence-electron chi connectivity index (χ3n) is 3.41. The maximum Gasteiger partial charge on any atom is 0.133 e. The van der Waals surface area contributed by atoms with Gasteiger partial charge in [0.1, 0.15) is 12.4 Å². The number of rotatable bonds is 12. The van der Waals surface area contributed by atoms with Gasteiger partial charge in [0.25, 0.3) is 0 Å². The summed E-state index contributed by atoms with van der Waals surface area (Å²) in [4.78, 5) is 0. The molecule has 0 aliphatic carbocycles. The molecule has 0 aromatic carbocycles. The van der Waals surface area contributed by atoms with Crippen molar-refractivity contribution in [2.45, 2.75) is 78.5 Å². The highest BCUT2D eigenvalue weighted by molar-refractivity contribution is 5.16. The fraction of sp³-hybridized carbons (Fsp3) is 0.765. The van der Waals surface area contributed by atoms with Crippen molar-refractivity contribution in [2.75, 3.05) is 6.61 Å². The molecule has 1 aromatic rings. The quantitative estimate of drug-likeness (QED) is 0.566. The van der Waals surface area contributed by atoms with Crippen LogP contribution in [0.2, 0.25) is 0 Å². The van der Waals surface area contributed by atoms with Crippen molar-refractivity contribution in [3.8, 4) is 0 Å². The van der Waals surface area contributed by atoms with Gasteiger partial charge in [0, 0.05) is 24.8 Å². The minimum atomic E-state index is 0.488. The Balaban J connectivity index is 2.08. The zero-order valence-corrected chi connectivity index (χ0v) is 13.4. The van der Waals surface area contributed by atoms with Crippen LogP contribution in [-0.2, 0) is 17.9 Å². The van der Waals surface area contributed by atoms with Crippen LogP contribution in [0.3, 0.4) is 0 Å². The smallest absolute Gasteiger partial charge is 0.133 e. The third-order valence-corrected chi connectivity index (χ3v) is 3.41. The van der Waals surface area contributed by atoms with Crippen LogP contribution in [0.25, 0.3) is 0 Å². The lowest BCUT2D eigenvalue weighted by Crippen LogP contribution is -2.22. The van der Waals surface area contributed by atoms with Gasteiger partial charge in [0.05, 0.1) is 6.26 Å². The van der Waals surface area contributed by atoms with Crippen LogP contribution >= 0.6 is 0 Å². The van der Waals surface area contributed by atoms with E-state index < -0.39 is 0 Å². The molecule has 3 nitrogen and oxygen atoms in total. The van der Waals surface area contributed by atoms with Crippen LogP contribution in [0.15, 0.2) is 16.7 Å². The zero-order chi connectivity index (χ0) is 14.6. The highest BCUT2D eigenvalue weighted by Gasteiger charge is 2.06. The molecule has 0 spiro atoms. The molecule has 1 aromatic heterocycles. The second kappa shape index (κ2) is 10.9. The number of ether oxygens (including phenoxy) is 1. The first-order valence-electron chi connectivity index (χ1n) is 8.10. The molecule has 0 amide bonds. The summed E-state index contributed by atoms with van der Waals surface area (Å²) in [5.74, 6) is 0.962. The van der Waals surface area contributed by atoms with Crippen molar-refractivity contribution in [2.24, 2.45) is 0 Å². The number of hydrogen-bond acceptors (Lipinski definition) is 3. The van der Waals surface area contributed by atoms with Crippen molar-refractivity contribution in [3.63, 3.8) is 0 Å². The summed E-state index contributed by atoms with van der Waals surface area (Å²) in [5.41, 5.74) is 1.21. The van der Waals surface area contributed by atoms with E-state index in [4.69, 9.17) is 9.15 Å². The SMILES string of the molecule is CCCCCCCCOCc1occc1CNC(C)C. The van der Waals surface area contributed by atoms with E-state index in [1.54, 1.807) is 6.26 Å². The predicted octanol–water partition coefficient (Wildman–Crippen LogP) is 4.65. The average Bonchev–Trinajstić information content (AvgIpc) is 2.87. The summed E-state index contributed by atoms with van der Waals surface area (Å²) in [6, 6.07) is 2.51. The van der Waals surface area contributed by atoms with E-state index in [-0.39, 0.29) is 0 Å². The third kappa shape index (κ3) is 7.71. The van der Waals surface area contributed by atoms with Crippen LogP contribution in [0.4, 0.5) is 0 Å². The van der Waals surface area contributed by atoms with Crippen molar-refractivity contribution >= 4 is 0 Å². The molecule has 1 heterocycles. The molecule has 3 heteroatoms. The Kier molecular flexibility index (Phi) is 9.42. The lowest BCUT2D eigenvalue weighted by molar-refractivity contribution is 0.101. The van der Waals surface area contributed by atoms with Crippen molar-refractivity contribution in [3.05, 3.63) is 23.7 Å². The van der Waals surface area contributed by atoms with Crippen molar-refractivity contribution in [1.29, 1.82) is 0 Å². The Morgan fingerprint density at radius 2 is 1.90 bits per heavy atom. The summed E-state index contributed by atoms with van der Waals surface area (Å²) in [7, 11) is 0. The van der Waals surface area contributed by atoms with E-state index in [0.717, 1.165) is 25.3 Å². The van der Waals surface area contributed by atoms with Crippen molar-refractivity contribution in [1.82, 2.24) is 5.32 Å². The highest BCUT2D eigenvalue weighted by atomic mass is 16.5. The molecular formula is C17H31NO2. The molecule has 116 valence electrons. The normalized spacial score (nSPS) is 11.4. The van der Waals surface area contributed by atoms with Gasteiger partial charge in [0.15, 0.2) is 0 Å². The maximum atomic E-state index is 5.71. The Hall–Kier alpha value is -0.800. The number of furan rings is 1. The topological polar surface area (TPSA) is 34.4 Å². The predicted molar refractivity (Wildman–Crippen MR) is 83.7 cm³/mol. The molecule has 0 radical (unpaired) electrons. The standard InChI is InChI=1S/C17H31NO2/c1-4-5-6-7-8-9-11-19-14-17-16(10-12-20-17)13-18-15(2)3/h10,12,15,18H,4-9,11,13-14H2,1-3H3. The molecule has 0 atom stereocenters. The second-order valence-electron chi connectivity index (χ2n) is 5.72. The molecule has 1 N–H and O–H groups in total. The van der Waals surface area contributed by atoms with Gasteiger partial charge in [0.2, 0.25) is 0 Å². The summed E-state index contributed by atoms with van der Waals surface area (Å²) in [5, 5.41) is 3.40. The first kappa shape index (κ1) is 17.3. The molecule has 0 bridgehead atoms. The monoisotopic (exact) mass is 281 g/mol. The summed E-state index contributed by atoms with van der Waals surface area (Å²) in [6.07, 6.45) is 9.55. The first-order chi connectivity index (χ1) is 9.74. The fourth-order valence-electron chi connectivity index (χ4n) is 2.11. The summed E-state index contributed by atoms with van der Waals surface area (Å²) < 4.78 is 11.2. The average molecular weight is 281 g/mol. The van der Waals surface area contributed by atoms with E-state index in [1.165, 1.54) is 37.7 Å². The molecular weight excluding hydrogens is 250 g/mol. The van der Waals surface area contributed by atoms with E-state index in [1.807, 2.05) is 6.07 Å². The minimum absolute atomic E-state index is 0.488. The van der Waals surface area contributed by atoms with Gasteiger partial charge in [-0.25, -0.2) is 0 Å². The van der Waals surface area contributed by atoms with Gasteiger partial charge in [-0.05, 0) is 12.5 Å². The number of unbranched alkanes of at least 4 members (excludes halogenated alkanes) is 5. The molecule has 0 saturated carbocycles. The summed E-state index contributed by atoms with van der Waals surface area (Å²) in [6.45, 7) is 8.83. The molecule has 1 rings (SSSR count). The van der Waals surface area contributed by atoms with Crippen LogP contribution < -0.4 is 5.32 Å². The Labute approximate surface area is 124 Å². The van der Waals surface area contributed by atoms with Crippen LogP contribution in [-0.4, -0.2) is 12.6 Å². The van der Waals surface area contributed by atoms with Crippen LogP contribution in [0, 0.1) is 0 Å². The number of nitrogens with one attached hydrogen (secondary N) is 1. The van der Waals surface area contributed by atoms with Gasteiger partial charge in [-0.15, -0.1) is 0 Å². The van der Waals surface area contributed by atoms with Crippen LogP contribution in [0.1, 0.15) is 70.6 Å². The molecule has 0 aliphatic heterocycles. The van der Waals surface area contributed by atoms with Crippen molar-refractivity contribution < 1.29 is 9.15 Å². The largest absolute Gasteiger partial charge is 0.467 e.